The van der Waals surface area contributed by atoms with E-state index >= 15 is 0 Å². The van der Waals surface area contributed by atoms with E-state index in [0.29, 0.717) is 13.0 Å². The van der Waals surface area contributed by atoms with Gasteiger partial charge in [-0.3, -0.25) is 9.59 Å². The second-order valence-electron chi connectivity index (χ2n) is 4.08. The molecule has 0 aromatic rings. The van der Waals surface area contributed by atoms with Gasteiger partial charge < -0.3 is 21.1 Å². The molecule has 0 aliphatic carbocycles. The van der Waals surface area contributed by atoms with Crippen molar-refractivity contribution in [2.24, 2.45) is 5.73 Å². The van der Waals surface area contributed by atoms with Gasteiger partial charge in [-0.05, 0) is 26.2 Å². The maximum Gasteiger partial charge on any atom is 0.332 e. The summed E-state index contributed by atoms with van der Waals surface area (Å²) in [6, 6.07) is -2.01. The number of hydrogen-bond acceptors (Lipinski definition) is 5. The molecule has 0 radical (unpaired) electrons. The van der Waals surface area contributed by atoms with E-state index in [1.165, 1.54) is 0 Å². The van der Waals surface area contributed by atoms with Crippen LogP contribution in [-0.4, -0.2) is 43.0 Å². The highest BCUT2D eigenvalue weighted by atomic mass is 16.5. The molecule has 2 amide bonds. The number of amides is 2. The zero-order chi connectivity index (χ0) is 13.5. The van der Waals surface area contributed by atoms with Crippen LogP contribution in [0.4, 0.5) is 0 Å². The molecule has 7 heteroatoms. The summed E-state index contributed by atoms with van der Waals surface area (Å²) in [4.78, 5) is 34.5. The van der Waals surface area contributed by atoms with E-state index in [4.69, 9.17) is 5.73 Å². The maximum atomic E-state index is 11.7. The van der Waals surface area contributed by atoms with Crippen LogP contribution in [0.1, 0.15) is 26.2 Å². The smallest absolute Gasteiger partial charge is 0.332 e. The van der Waals surface area contributed by atoms with Crippen LogP contribution in [0.2, 0.25) is 0 Å². The Morgan fingerprint density at radius 2 is 2.28 bits per heavy atom. The molecule has 7 nitrogen and oxygen atoms in total. The van der Waals surface area contributed by atoms with E-state index in [1.807, 2.05) is 0 Å². The highest BCUT2D eigenvalue weighted by molar-refractivity contribution is 6.03. The fraction of sp³-hybridized carbons (Fsp3) is 0.727. The van der Waals surface area contributed by atoms with Gasteiger partial charge in [0.15, 0.2) is 6.04 Å². The van der Waals surface area contributed by atoms with Crippen LogP contribution in [0.3, 0.4) is 0 Å². The molecule has 2 unspecified atom stereocenters. The van der Waals surface area contributed by atoms with E-state index in [2.05, 4.69) is 15.4 Å². The molecule has 0 aromatic heterocycles. The zero-order valence-corrected chi connectivity index (χ0v) is 10.4. The summed E-state index contributed by atoms with van der Waals surface area (Å²) in [5.74, 6) is -1.71. The largest absolute Gasteiger partial charge is 0.464 e. The fourth-order valence-electron chi connectivity index (χ4n) is 1.68. The average Bonchev–Trinajstić information content (AvgIpc) is 2.54. The van der Waals surface area contributed by atoms with Crippen molar-refractivity contribution in [2.45, 2.75) is 38.3 Å². The fourth-order valence-corrected chi connectivity index (χ4v) is 1.68. The van der Waals surface area contributed by atoms with Crippen molar-refractivity contribution in [2.75, 3.05) is 13.2 Å². The molecule has 0 bridgehead atoms. The number of carbonyl (C=O) groups excluding carboxylic acids is 3. The molecule has 1 heterocycles. The Labute approximate surface area is 105 Å². The van der Waals surface area contributed by atoms with Crippen LogP contribution in [0.5, 0.6) is 0 Å². The van der Waals surface area contributed by atoms with Gasteiger partial charge >= 0.3 is 5.97 Å². The first-order chi connectivity index (χ1) is 8.56. The molecule has 4 N–H and O–H groups in total. The summed E-state index contributed by atoms with van der Waals surface area (Å²) < 4.78 is 4.64. The average molecular weight is 257 g/mol. The summed E-state index contributed by atoms with van der Waals surface area (Å²) in [6.07, 6.45) is 2.26. The normalized spacial score (nSPS) is 21.4. The molecular formula is C11H19N3O4. The molecule has 2 atom stereocenters. The van der Waals surface area contributed by atoms with Crippen molar-refractivity contribution in [3.05, 3.63) is 0 Å². The van der Waals surface area contributed by atoms with E-state index in [9.17, 15) is 14.4 Å². The quantitative estimate of drug-likeness (QED) is 0.426. The second kappa shape index (κ2) is 6.95. The molecular weight excluding hydrogens is 238 g/mol. The highest BCUT2D eigenvalue weighted by Crippen LogP contribution is 2.05. The minimum Gasteiger partial charge on any atom is -0.464 e. The summed E-state index contributed by atoms with van der Waals surface area (Å²) in [5, 5.41) is 5.15. The lowest BCUT2D eigenvalue weighted by atomic mass is 10.1. The third-order valence-corrected chi connectivity index (χ3v) is 2.67. The van der Waals surface area contributed by atoms with Crippen molar-refractivity contribution in [3.8, 4) is 0 Å². The van der Waals surface area contributed by atoms with Gasteiger partial charge in [0.25, 0.3) is 0 Å². The Kier molecular flexibility index (Phi) is 5.57. The van der Waals surface area contributed by atoms with Gasteiger partial charge in [0.2, 0.25) is 11.8 Å². The van der Waals surface area contributed by atoms with E-state index in [0.717, 1.165) is 12.8 Å². The summed E-state index contributed by atoms with van der Waals surface area (Å²) >= 11 is 0. The predicted molar refractivity (Wildman–Crippen MR) is 63.4 cm³/mol. The summed E-state index contributed by atoms with van der Waals surface area (Å²) in [6.45, 7) is 2.39. The Hall–Kier alpha value is -1.63. The predicted octanol–water partition coefficient (Wildman–Crippen LogP) is -1.34. The van der Waals surface area contributed by atoms with E-state index < -0.39 is 24.0 Å². The van der Waals surface area contributed by atoms with Crippen molar-refractivity contribution in [1.29, 1.82) is 0 Å². The van der Waals surface area contributed by atoms with Gasteiger partial charge in [0.05, 0.1) is 6.61 Å². The Morgan fingerprint density at radius 1 is 1.56 bits per heavy atom. The lowest BCUT2D eigenvalue weighted by molar-refractivity contribution is -0.148. The molecule has 0 aromatic carbocycles. The van der Waals surface area contributed by atoms with Crippen molar-refractivity contribution in [1.82, 2.24) is 10.6 Å². The van der Waals surface area contributed by atoms with Crippen molar-refractivity contribution < 1.29 is 19.1 Å². The Balaban J connectivity index is 2.52. The number of nitrogens with one attached hydrogen (secondary N) is 2. The van der Waals surface area contributed by atoms with Gasteiger partial charge in [-0.15, -0.1) is 0 Å². The monoisotopic (exact) mass is 257 g/mol. The summed E-state index contributed by atoms with van der Waals surface area (Å²) in [5.41, 5.74) is 5.43. The number of ether oxygens (including phenoxy) is 1. The van der Waals surface area contributed by atoms with Crippen LogP contribution < -0.4 is 16.4 Å². The minimum atomic E-state index is -1.39. The molecule has 18 heavy (non-hydrogen) atoms. The number of nitrogens with two attached hydrogens (primary N) is 1. The van der Waals surface area contributed by atoms with E-state index in [-0.39, 0.29) is 12.5 Å². The van der Waals surface area contributed by atoms with Crippen LogP contribution in [0.15, 0.2) is 0 Å². The zero-order valence-electron chi connectivity index (χ0n) is 10.4. The van der Waals surface area contributed by atoms with Crippen molar-refractivity contribution in [3.63, 3.8) is 0 Å². The highest BCUT2D eigenvalue weighted by Gasteiger charge is 2.28. The van der Waals surface area contributed by atoms with Gasteiger partial charge in [-0.25, -0.2) is 4.79 Å². The van der Waals surface area contributed by atoms with Gasteiger partial charge in [0.1, 0.15) is 6.04 Å². The SMILES string of the molecule is CCOC(=O)C(N)C(=O)NC1CCCCNC1=O. The van der Waals surface area contributed by atoms with Crippen molar-refractivity contribution >= 4 is 17.8 Å². The van der Waals surface area contributed by atoms with Crippen LogP contribution in [-0.2, 0) is 19.1 Å². The maximum absolute atomic E-state index is 11.7. The number of carbonyl (C=O) groups is 3. The Bertz CT molecular complexity index is 332. The van der Waals surface area contributed by atoms with Crippen LogP contribution in [0.25, 0.3) is 0 Å². The molecule has 102 valence electrons. The van der Waals surface area contributed by atoms with Gasteiger partial charge in [0, 0.05) is 6.54 Å². The van der Waals surface area contributed by atoms with Gasteiger partial charge in [-0.2, -0.15) is 0 Å². The minimum absolute atomic E-state index is 0.156. The summed E-state index contributed by atoms with van der Waals surface area (Å²) in [7, 11) is 0. The lowest BCUT2D eigenvalue weighted by Gasteiger charge is -2.17. The lowest BCUT2D eigenvalue weighted by Crippen LogP contribution is -2.53. The first-order valence-electron chi connectivity index (χ1n) is 6.06. The molecule has 1 fully saturated rings. The molecule has 1 saturated heterocycles. The first-order valence-corrected chi connectivity index (χ1v) is 6.06. The second-order valence-corrected chi connectivity index (χ2v) is 4.08. The molecule has 1 aliphatic rings. The van der Waals surface area contributed by atoms with Crippen LogP contribution >= 0.6 is 0 Å². The standard InChI is InChI=1S/C11H19N3O4/c1-2-18-11(17)8(12)10(16)14-7-5-3-4-6-13-9(7)15/h7-8H,2-6,12H2,1H3,(H,13,15)(H,14,16). The third-order valence-electron chi connectivity index (χ3n) is 2.67. The van der Waals surface area contributed by atoms with E-state index in [1.54, 1.807) is 6.92 Å². The third kappa shape index (κ3) is 3.99. The van der Waals surface area contributed by atoms with Crippen LogP contribution in [0, 0.1) is 0 Å². The Morgan fingerprint density at radius 3 is 2.94 bits per heavy atom. The molecule has 1 rings (SSSR count). The molecule has 1 aliphatic heterocycles. The molecule has 0 saturated carbocycles. The number of hydrogen-bond donors (Lipinski definition) is 3. The number of esters is 1. The first kappa shape index (κ1) is 14.4. The molecule has 0 spiro atoms. The van der Waals surface area contributed by atoms with Gasteiger partial charge in [-0.1, -0.05) is 0 Å². The number of rotatable bonds is 4. The topological polar surface area (TPSA) is 111 Å².